The summed E-state index contributed by atoms with van der Waals surface area (Å²) in [4.78, 5) is 11.1. The van der Waals surface area contributed by atoms with Crippen LogP contribution in [-0.2, 0) is 0 Å². The maximum Gasteiger partial charge on any atom is 0.153 e. The summed E-state index contributed by atoms with van der Waals surface area (Å²) in [6.07, 6.45) is 3.49. The van der Waals surface area contributed by atoms with Gasteiger partial charge in [-0.05, 0) is 19.4 Å². The van der Waals surface area contributed by atoms with Gasteiger partial charge in [0.15, 0.2) is 6.29 Å². The molecule has 2 rings (SSSR count). The van der Waals surface area contributed by atoms with Crippen molar-refractivity contribution in [2.45, 2.75) is 26.3 Å². The highest BCUT2D eigenvalue weighted by molar-refractivity contribution is 7.20. The molecule has 0 saturated heterocycles. The van der Waals surface area contributed by atoms with E-state index in [-0.39, 0.29) is 6.04 Å². The molecule has 3 nitrogen and oxygen atoms in total. The van der Waals surface area contributed by atoms with Crippen molar-refractivity contribution in [3.8, 4) is 11.3 Å². The first-order valence-corrected chi connectivity index (χ1v) is 7.13. The fourth-order valence-electron chi connectivity index (χ4n) is 1.62. The summed E-state index contributed by atoms with van der Waals surface area (Å²) in [5.74, 6) is 0. The van der Waals surface area contributed by atoms with Gasteiger partial charge < -0.3 is 0 Å². The maximum atomic E-state index is 11.1. The lowest BCUT2D eigenvalue weighted by atomic mass is 10.2. The van der Waals surface area contributed by atoms with Crippen LogP contribution in [0.25, 0.3) is 11.3 Å². The Morgan fingerprint density at radius 1 is 1.56 bits per heavy atom. The highest BCUT2D eigenvalue weighted by atomic mass is 35.5. The van der Waals surface area contributed by atoms with E-state index in [0.717, 1.165) is 18.3 Å². The first kappa shape index (κ1) is 13.6. The molecule has 1 atom stereocenters. The van der Waals surface area contributed by atoms with Crippen LogP contribution in [0.2, 0.25) is 8.67 Å². The van der Waals surface area contributed by atoms with Gasteiger partial charge in [0.05, 0.1) is 9.90 Å². The van der Waals surface area contributed by atoms with Gasteiger partial charge in [-0.25, -0.2) is 0 Å². The fraction of sp³-hybridized carbons (Fsp3) is 0.333. The number of hydrogen-bond donors (Lipinski definition) is 0. The zero-order valence-corrected chi connectivity index (χ0v) is 12.3. The minimum Gasteiger partial charge on any atom is -0.298 e. The van der Waals surface area contributed by atoms with Crippen LogP contribution >= 0.6 is 34.5 Å². The van der Waals surface area contributed by atoms with E-state index in [9.17, 15) is 4.79 Å². The lowest BCUT2D eigenvalue weighted by Crippen LogP contribution is -2.03. The highest BCUT2D eigenvalue weighted by Crippen LogP contribution is 2.38. The molecule has 0 N–H and O–H groups in total. The van der Waals surface area contributed by atoms with Gasteiger partial charge in [-0.3, -0.25) is 9.48 Å². The molecule has 0 aliphatic heterocycles. The molecule has 1 unspecified atom stereocenters. The molecule has 0 amide bonds. The van der Waals surface area contributed by atoms with Gasteiger partial charge in [0.2, 0.25) is 0 Å². The van der Waals surface area contributed by atoms with Crippen LogP contribution in [-0.4, -0.2) is 16.1 Å². The Morgan fingerprint density at radius 2 is 2.28 bits per heavy atom. The second-order valence-corrected chi connectivity index (χ2v) is 6.31. The van der Waals surface area contributed by atoms with Crippen molar-refractivity contribution in [2.75, 3.05) is 0 Å². The van der Waals surface area contributed by atoms with Crippen molar-refractivity contribution in [1.82, 2.24) is 9.78 Å². The summed E-state index contributed by atoms with van der Waals surface area (Å²) in [6, 6.07) is 1.98. The number of nitrogens with zero attached hydrogens (tertiary/aromatic N) is 2. The van der Waals surface area contributed by atoms with E-state index in [1.807, 2.05) is 6.92 Å². The van der Waals surface area contributed by atoms with E-state index in [0.29, 0.717) is 19.9 Å². The number of rotatable bonds is 4. The smallest absolute Gasteiger partial charge is 0.153 e. The van der Waals surface area contributed by atoms with Gasteiger partial charge in [-0.15, -0.1) is 11.3 Å². The van der Waals surface area contributed by atoms with E-state index in [1.54, 1.807) is 16.9 Å². The van der Waals surface area contributed by atoms with Gasteiger partial charge in [-0.2, -0.15) is 5.10 Å². The van der Waals surface area contributed by atoms with Crippen LogP contribution in [0.1, 0.15) is 36.7 Å². The van der Waals surface area contributed by atoms with E-state index in [2.05, 4.69) is 12.0 Å². The Morgan fingerprint density at radius 3 is 2.78 bits per heavy atom. The van der Waals surface area contributed by atoms with Gasteiger partial charge in [0.25, 0.3) is 0 Å². The number of carbonyl (C=O) groups is 1. The molecule has 0 spiro atoms. The molecule has 96 valence electrons. The van der Waals surface area contributed by atoms with Crippen LogP contribution in [0.4, 0.5) is 0 Å². The lowest BCUT2D eigenvalue weighted by molar-refractivity contribution is 0.112. The van der Waals surface area contributed by atoms with Gasteiger partial charge in [-0.1, -0.05) is 30.1 Å². The van der Waals surface area contributed by atoms with Crippen molar-refractivity contribution in [1.29, 1.82) is 0 Å². The Labute approximate surface area is 119 Å². The molecule has 18 heavy (non-hydrogen) atoms. The minimum absolute atomic E-state index is 0.241. The van der Waals surface area contributed by atoms with Crippen molar-refractivity contribution >= 4 is 40.8 Å². The van der Waals surface area contributed by atoms with Crippen LogP contribution in [0, 0.1) is 0 Å². The molecule has 2 aromatic heterocycles. The standard InChI is InChI=1S/C12H12Cl2N2OS/c1-3-7(2)16-5-8(6-17)11(15-16)9-4-10(13)18-12(9)14/h4-7H,3H2,1-2H3. The SMILES string of the molecule is CCC(C)n1cc(C=O)c(-c2cc(Cl)sc2Cl)n1. The maximum absolute atomic E-state index is 11.1. The highest BCUT2D eigenvalue weighted by Gasteiger charge is 2.17. The third-order valence-electron chi connectivity index (χ3n) is 2.84. The number of hydrogen-bond acceptors (Lipinski definition) is 3. The number of aldehydes is 1. The second-order valence-electron chi connectivity index (χ2n) is 4.03. The van der Waals surface area contributed by atoms with E-state index < -0.39 is 0 Å². The topological polar surface area (TPSA) is 34.9 Å². The number of carbonyl (C=O) groups excluding carboxylic acids is 1. The van der Waals surface area contributed by atoms with E-state index >= 15 is 0 Å². The average Bonchev–Trinajstić information content (AvgIpc) is 2.91. The zero-order valence-electron chi connectivity index (χ0n) is 9.98. The largest absolute Gasteiger partial charge is 0.298 e. The molecular weight excluding hydrogens is 291 g/mol. The molecule has 0 radical (unpaired) electrons. The molecule has 2 heterocycles. The van der Waals surface area contributed by atoms with Crippen molar-refractivity contribution in [3.63, 3.8) is 0 Å². The Hall–Kier alpha value is -0.840. The van der Waals surface area contributed by atoms with Crippen molar-refractivity contribution < 1.29 is 4.79 Å². The molecule has 0 aromatic carbocycles. The first-order valence-electron chi connectivity index (χ1n) is 5.56. The summed E-state index contributed by atoms with van der Waals surface area (Å²) in [6.45, 7) is 4.12. The fourth-order valence-corrected chi connectivity index (χ4v) is 3.08. The molecule has 0 aliphatic carbocycles. The normalized spacial score (nSPS) is 12.7. The van der Waals surface area contributed by atoms with Crippen LogP contribution in [0.15, 0.2) is 12.3 Å². The third kappa shape index (κ3) is 2.46. The van der Waals surface area contributed by atoms with Crippen molar-refractivity contribution in [3.05, 3.63) is 26.5 Å². The molecule has 6 heteroatoms. The van der Waals surface area contributed by atoms with Crippen molar-refractivity contribution in [2.24, 2.45) is 0 Å². The Bertz CT molecular complexity index is 577. The summed E-state index contributed by atoms with van der Waals surface area (Å²) < 4.78 is 2.93. The summed E-state index contributed by atoms with van der Waals surface area (Å²) in [5, 5.41) is 4.45. The summed E-state index contributed by atoms with van der Waals surface area (Å²) >= 11 is 13.3. The Kier molecular flexibility index (Phi) is 4.10. The average molecular weight is 303 g/mol. The summed E-state index contributed by atoms with van der Waals surface area (Å²) in [7, 11) is 0. The summed E-state index contributed by atoms with van der Waals surface area (Å²) in [5.41, 5.74) is 1.85. The third-order valence-corrected chi connectivity index (χ3v) is 4.33. The van der Waals surface area contributed by atoms with E-state index in [4.69, 9.17) is 23.2 Å². The van der Waals surface area contributed by atoms with Crippen LogP contribution in [0.3, 0.4) is 0 Å². The minimum atomic E-state index is 0.241. The monoisotopic (exact) mass is 302 g/mol. The van der Waals surface area contributed by atoms with Crippen LogP contribution < -0.4 is 0 Å². The van der Waals surface area contributed by atoms with Gasteiger partial charge >= 0.3 is 0 Å². The molecular formula is C12H12Cl2N2OS. The van der Waals surface area contributed by atoms with Gasteiger partial charge in [0.1, 0.15) is 10.0 Å². The van der Waals surface area contributed by atoms with Crippen LogP contribution in [0.5, 0.6) is 0 Å². The zero-order chi connectivity index (χ0) is 13.3. The predicted octanol–water partition coefficient (Wildman–Crippen LogP) is 4.70. The number of aromatic nitrogens is 2. The molecule has 0 bridgehead atoms. The van der Waals surface area contributed by atoms with Gasteiger partial charge in [0, 0.05) is 17.8 Å². The predicted molar refractivity (Wildman–Crippen MR) is 75.9 cm³/mol. The molecule has 2 aromatic rings. The van der Waals surface area contributed by atoms with E-state index in [1.165, 1.54) is 11.3 Å². The number of thiophene rings is 1. The number of halogens is 2. The quantitative estimate of drug-likeness (QED) is 0.767. The second kappa shape index (κ2) is 5.43. The lowest BCUT2D eigenvalue weighted by Gasteiger charge is -2.07. The Balaban J connectivity index is 2.53. The molecule has 0 saturated carbocycles. The molecule has 0 aliphatic rings. The first-order chi connectivity index (χ1) is 8.56. The molecule has 0 fully saturated rings.